The van der Waals surface area contributed by atoms with Crippen LogP contribution in [0.25, 0.3) is 0 Å². The maximum absolute atomic E-state index is 13.6. The van der Waals surface area contributed by atoms with E-state index in [1.165, 1.54) is 28.4 Å². The van der Waals surface area contributed by atoms with Crippen molar-refractivity contribution in [2.45, 2.75) is 18.9 Å². The van der Waals surface area contributed by atoms with Crippen LogP contribution in [0.4, 0.5) is 9.52 Å². The maximum Gasteiger partial charge on any atom is 0.231 e. The predicted molar refractivity (Wildman–Crippen MR) is 85.4 cm³/mol. The molecule has 0 spiro atoms. The minimum Gasteiger partial charge on any atom is -0.338 e. The summed E-state index contributed by atoms with van der Waals surface area (Å²) in [5.41, 5.74) is 0.625. The Bertz CT molecular complexity index is 720. The number of aromatic nitrogens is 1. The smallest absolute Gasteiger partial charge is 0.231 e. The summed E-state index contributed by atoms with van der Waals surface area (Å²) in [6.45, 7) is 0. The molecule has 1 aromatic heterocycles. The topological polar surface area (TPSA) is 62.3 Å². The molecule has 1 aromatic carbocycles. The molecule has 0 radical (unpaired) electrons. The molecule has 120 valence electrons. The zero-order chi connectivity index (χ0) is 16.4. The number of carbonyl (C=O) groups excluding carboxylic acids is 2. The van der Waals surface area contributed by atoms with Gasteiger partial charge < -0.3 is 10.2 Å². The summed E-state index contributed by atoms with van der Waals surface area (Å²) >= 11 is 1.33. The average molecular weight is 333 g/mol. The van der Waals surface area contributed by atoms with Gasteiger partial charge in [0.05, 0.1) is 12.0 Å². The zero-order valence-corrected chi connectivity index (χ0v) is 13.3. The number of nitrogens with one attached hydrogen (secondary N) is 1. The largest absolute Gasteiger partial charge is 0.338 e. The van der Waals surface area contributed by atoms with Gasteiger partial charge >= 0.3 is 0 Å². The van der Waals surface area contributed by atoms with Crippen LogP contribution in [0.15, 0.2) is 35.8 Å². The Morgan fingerprint density at radius 2 is 2.30 bits per heavy atom. The van der Waals surface area contributed by atoms with Crippen molar-refractivity contribution in [2.24, 2.45) is 5.92 Å². The van der Waals surface area contributed by atoms with Gasteiger partial charge in [-0.2, -0.15) is 0 Å². The standard InChI is InChI=1S/C16H16FN3O2S/c1-20-13(21)6-5-12(15(22)19-16-18-7-8-23-16)14(20)10-3-2-4-11(17)9-10/h2-4,7-9,12,14H,5-6H2,1H3,(H,18,19,22). The summed E-state index contributed by atoms with van der Waals surface area (Å²) in [6, 6.07) is 5.58. The molecule has 2 heterocycles. The molecule has 0 saturated carbocycles. The Balaban J connectivity index is 1.89. The normalized spacial score (nSPS) is 21.3. The van der Waals surface area contributed by atoms with Gasteiger partial charge in [-0.05, 0) is 24.1 Å². The Hall–Kier alpha value is -2.28. The van der Waals surface area contributed by atoms with E-state index in [1.54, 1.807) is 30.8 Å². The van der Waals surface area contributed by atoms with E-state index in [0.29, 0.717) is 23.5 Å². The predicted octanol–water partition coefficient (Wildman–Crippen LogP) is 2.83. The second kappa shape index (κ2) is 6.45. The number of carbonyl (C=O) groups is 2. The maximum atomic E-state index is 13.6. The molecule has 1 saturated heterocycles. The van der Waals surface area contributed by atoms with Crippen LogP contribution in [0.5, 0.6) is 0 Å². The molecule has 23 heavy (non-hydrogen) atoms. The van der Waals surface area contributed by atoms with Crippen molar-refractivity contribution in [3.8, 4) is 0 Å². The number of piperidine rings is 1. The Morgan fingerprint density at radius 1 is 1.48 bits per heavy atom. The first-order valence-corrected chi connectivity index (χ1v) is 8.15. The molecule has 0 bridgehead atoms. The molecule has 1 N–H and O–H groups in total. The first-order chi connectivity index (χ1) is 11.1. The van der Waals surface area contributed by atoms with Gasteiger partial charge in [0.2, 0.25) is 11.8 Å². The summed E-state index contributed by atoms with van der Waals surface area (Å²) in [5.74, 6) is -1.07. The highest BCUT2D eigenvalue weighted by atomic mass is 32.1. The number of likely N-dealkylation sites (tertiary alicyclic amines) is 1. The third-order valence-electron chi connectivity index (χ3n) is 4.05. The molecule has 7 heteroatoms. The first kappa shape index (κ1) is 15.6. The quantitative estimate of drug-likeness (QED) is 0.939. The van der Waals surface area contributed by atoms with Crippen LogP contribution in [0.1, 0.15) is 24.4 Å². The second-order valence-corrected chi connectivity index (χ2v) is 6.37. The van der Waals surface area contributed by atoms with Crippen molar-refractivity contribution < 1.29 is 14.0 Å². The summed E-state index contributed by atoms with van der Waals surface area (Å²) in [6.07, 6.45) is 2.35. The lowest BCUT2D eigenvalue weighted by molar-refractivity contribution is -0.140. The summed E-state index contributed by atoms with van der Waals surface area (Å²) in [5, 5.41) is 5.07. The molecule has 2 aromatic rings. The summed E-state index contributed by atoms with van der Waals surface area (Å²) in [4.78, 5) is 30.2. The van der Waals surface area contributed by atoms with Gasteiger partial charge in [-0.15, -0.1) is 11.3 Å². The molecule has 2 atom stereocenters. The number of thiazole rings is 1. The first-order valence-electron chi connectivity index (χ1n) is 7.28. The molecule has 1 aliphatic rings. The van der Waals surface area contributed by atoms with E-state index in [-0.39, 0.29) is 17.6 Å². The van der Waals surface area contributed by atoms with Crippen LogP contribution >= 0.6 is 11.3 Å². The molecular formula is C16H16FN3O2S. The van der Waals surface area contributed by atoms with Crippen molar-refractivity contribution in [3.63, 3.8) is 0 Å². The van der Waals surface area contributed by atoms with Gasteiger partial charge in [-0.25, -0.2) is 9.37 Å². The minimum absolute atomic E-state index is 0.0439. The molecule has 5 nitrogen and oxygen atoms in total. The lowest BCUT2D eigenvalue weighted by Crippen LogP contribution is -2.44. The van der Waals surface area contributed by atoms with E-state index in [4.69, 9.17) is 0 Å². The fourth-order valence-corrected chi connectivity index (χ4v) is 3.47. The van der Waals surface area contributed by atoms with Gasteiger partial charge in [-0.3, -0.25) is 9.59 Å². The fraction of sp³-hybridized carbons (Fsp3) is 0.312. The molecule has 2 unspecified atom stereocenters. The van der Waals surface area contributed by atoms with E-state index in [0.717, 1.165) is 0 Å². The number of hydrogen-bond donors (Lipinski definition) is 1. The molecule has 1 aliphatic heterocycles. The molecular weight excluding hydrogens is 317 g/mol. The number of anilines is 1. The molecule has 2 amide bonds. The monoisotopic (exact) mass is 333 g/mol. The summed E-state index contributed by atoms with van der Waals surface area (Å²) in [7, 11) is 1.65. The van der Waals surface area contributed by atoms with E-state index >= 15 is 0 Å². The van der Waals surface area contributed by atoms with Crippen molar-refractivity contribution in [1.29, 1.82) is 0 Å². The van der Waals surface area contributed by atoms with E-state index < -0.39 is 12.0 Å². The van der Waals surface area contributed by atoms with Crippen LogP contribution in [-0.2, 0) is 9.59 Å². The highest BCUT2D eigenvalue weighted by Gasteiger charge is 2.39. The lowest BCUT2D eigenvalue weighted by Gasteiger charge is -2.38. The lowest BCUT2D eigenvalue weighted by atomic mass is 9.84. The van der Waals surface area contributed by atoms with Crippen molar-refractivity contribution in [1.82, 2.24) is 9.88 Å². The van der Waals surface area contributed by atoms with Gasteiger partial charge in [0.15, 0.2) is 5.13 Å². The number of amides is 2. The highest BCUT2D eigenvalue weighted by Crippen LogP contribution is 2.36. The van der Waals surface area contributed by atoms with E-state index in [2.05, 4.69) is 10.3 Å². The fourth-order valence-electron chi connectivity index (χ4n) is 2.94. The Morgan fingerprint density at radius 3 is 3.00 bits per heavy atom. The number of rotatable bonds is 3. The van der Waals surface area contributed by atoms with Gasteiger partial charge in [0.25, 0.3) is 0 Å². The second-order valence-electron chi connectivity index (χ2n) is 5.48. The number of halogens is 1. The van der Waals surface area contributed by atoms with Crippen molar-refractivity contribution >= 4 is 28.3 Å². The van der Waals surface area contributed by atoms with Crippen molar-refractivity contribution in [3.05, 3.63) is 47.2 Å². The van der Waals surface area contributed by atoms with Crippen LogP contribution < -0.4 is 5.32 Å². The summed E-state index contributed by atoms with van der Waals surface area (Å²) < 4.78 is 13.6. The molecule has 0 aliphatic carbocycles. The Kier molecular flexibility index (Phi) is 4.38. The van der Waals surface area contributed by atoms with Crippen LogP contribution in [0.2, 0.25) is 0 Å². The molecule has 1 fully saturated rings. The third-order valence-corrected chi connectivity index (χ3v) is 4.74. The van der Waals surface area contributed by atoms with Crippen LogP contribution in [0, 0.1) is 11.7 Å². The number of hydrogen-bond acceptors (Lipinski definition) is 4. The third kappa shape index (κ3) is 3.24. The average Bonchev–Trinajstić information content (AvgIpc) is 3.02. The van der Waals surface area contributed by atoms with Crippen LogP contribution in [-0.4, -0.2) is 28.7 Å². The molecule has 3 rings (SSSR count). The zero-order valence-electron chi connectivity index (χ0n) is 12.5. The van der Waals surface area contributed by atoms with E-state index in [1.807, 2.05) is 0 Å². The number of nitrogens with zero attached hydrogens (tertiary/aromatic N) is 2. The van der Waals surface area contributed by atoms with Crippen molar-refractivity contribution in [2.75, 3.05) is 12.4 Å². The SMILES string of the molecule is CN1C(=O)CCC(C(=O)Nc2nccs2)C1c1cccc(F)c1. The van der Waals surface area contributed by atoms with Crippen LogP contribution in [0.3, 0.4) is 0 Å². The van der Waals surface area contributed by atoms with Gasteiger partial charge in [-0.1, -0.05) is 12.1 Å². The van der Waals surface area contributed by atoms with Gasteiger partial charge in [0, 0.05) is 25.0 Å². The minimum atomic E-state index is -0.480. The van der Waals surface area contributed by atoms with E-state index in [9.17, 15) is 14.0 Å². The number of benzene rings is 1. The highest BCUT2D eigenvalue weighted by molar-refractivity contribution is 7.13. The van der Waals surface area contributed by atoms with Gasteiger partial charge in [0.1, 0.15) is 5.82 Å². The Labute approximate surface area is 137 Å².